The number of carbonyl (C=O) groups excluding carboxylic acids is 1. The fourth-order valence-corrected chi connectivity index (χ4v) is 5.04. The Morgan fingerprint density at radius 2 is 1.56 bits per heavy atom. The van der Waals surface area contributed by atoms with Crippen LogP contribution in [-0.2, 0) is 22.6 Å². The maximum absolute atomic E-state index is 11.9. The summed E-state index contributed by atoms with van der Waals surface area (Å²) < 4.78 is 13.7. The third-order valence-corrected chi connectivity index (χ3v) is 7.13. The largest absolute Gasteiger partial charge is 0.494 e. The Balaban J connectivity index is 1.33. The summed E-state index contributed by atoms with van der Waals surface area (Å²) in [5.74, 6) is -0.359. The van der Waals surface area contributed by atoms with E-state index in [0.717, 1.165) is 46.2 Å². The molecule has 3 aromatic carbocycles. The van der Waals surface area contributed by atoms with Crippen LogP contribution in [0.1, 0.15) is 65.2 Å². The minimum atomic E-state index is -0.917. The first-order valence-electron chi connectivity index (χ1n) is 14.4. The molecule has 224 valence electrons. The van der Waals surface area contributed by atoms with Gasteiger partial charge in [-0.15, -0.1) is 0 Å². The Morgan fingerprint density at radius 1 is 0.837 bits per heavy atom. The highest BCUT2D eigenvalue weighted by Crippen LogP contribution is 2.28. The minimum absolute atomic E-state index is 0.00983. The number of hydrogen-bond acceptors (Lipinski definition) is 5. The maximum atomic E-state index is 11.9. The standard InChI is InChI=1S/C35H37NO7/c1-24-8-5-10-30(25(2)37)35(24)43-21-4-3-20-42-29-17-14-26(15-18-29)13-16-27-9-6-11-31-34(27)28(22-33(40)41)23-36(31)19-7-12-32(38)39/h5-6,8-11,13-18,23H,3-4,7,12,19-22H2,1-2H3,(H,38,39)(H,40,41)/b16-13+. The van der Waals surface area contributed by atoms with Crippen molar-refractivity contribution in [3.05, 3.63) is 94.7 Å². The normalized spacial score (nSPS) is 11.2. The van der Waals surface area contributed by atoms with Crippen molar-refractivity contribution in [1.29, 1.82) is 0 Å². The van der Waals surface area contributed by atoms with Crippen molar-refractivity contribution in [2.24, 2.45) is 0 Å². The lowest BCUT2D eigenvalue weighted by atomic mass is 10.0. The molecule has 0 atom stereocenters. The first-order valence-corrected chi connectivity index (χ1v) is 14.4. The molecule has 2 N–H and O–H groups in total. The molecular weight excluding hydrogens is 546 g/mol. The van der Waals surface area contributed by atoms with Crippen molar-refractivity contribution in [2.75, 3.05) is 13.2 Å². The van der Waals surface area contributed by atoms with E-state index in [0.29, 0.717) is 43.1 Å². The average molecular weight is 584 g/mol. The van der Waals surface area contributed by atoms with E-state index >= 15 is 0 Å². The van der Waals surface area contributed by atoms with Crippen LogP contribution in [0.3, 0.4) is 0 Å². The van der Waals surface area contributed by atoms with Crippen LogP contribution in [0.4, 0.5) is 0 Å². The van der Waals surface area contributed by atoms with Gasteiger partial charge in [-0.3, -0.25) is 14.4 Å². The number of para-hydroxylation sites is 1. The SMILES string of the molecule is CC(=O)c1cccc(C)c1OCCCCOc1ccc(/C=C/c2cccc3c2c(CC(=O)O)cn3CCCC(=O)O)cc1. The van der Waals surface area contributed by atoms with Crippen LogP contribution in [-0.4, -0.2) is 45.7 Å². The number of rotatable bonds is 16. The molecule has 0 aliphatic rings. The number of unbranched alkanes of at least 4 members (excludes halogenated alkanes) is 1. The summed E-state index contributed by atoms with van der Waals surface area (Å²) in [6, 6.07) is 19.1. The lowest BCUT2D eigenvalue weighted by Crippen LogP contribution is -2.06. The molecule has 0 radical (unpaired) electrons. The third-order valence-electron chi connectivity index (χ3n) is 7.13. The summed E-state index contributed by atoms with van der Waals surface area (Å²) in [4.78, 5) is 34.4. The zero-order chi connectivity index (χ0) is 30.8. The van der Waals surface area contributed by atoms with Crippen LogP contribution in [0.5, 0.6) is 11.5 Å². The van der Waals surface area contributed by atoms with Crippen molar-refractivity contribution >= 4 is 40.8 Å². The highest BCUT2D eigenvalue weighted by molar-refractivity contribution is 5.97. The molecule has 0 fully saturated rings. The van der Waals surface area contributed by atoms with Crippen LogP contribution < -0.4 is 9.47 Å². The van der Waals surface area contributed by atoms with Crippen LogP contribution in [0.15, 0.2) is 66.9 Å². The van der Waals surface area contributed by atoms with Crippen molar-refractivity contribution in [1.82, 2.24) is 4.57 Å². The maximum Gasteiger partial charge on any atom is 0.307 e. The van der Waals surface area contributed by atoms with Gasteiger partial charge in [0.1, 0.15) is 11.5 Å². The summed E-state index contributed by atoms with van der Waals surface area (Å²) >= 11 is 0. The number of nitrogens with zero attached hydrogens (tertiary/aromatic N) is 1. The average Bonchev–Trinajstić information content (AvgIpc) is 3.31. The fourth-order valence-electron chi connectivity index (χ4n) is 5.04. The van der Waals surface area contributed by atoms with Gasteiger partial charge >= 0.3 is 11.9 Å². The van der Waals surface area contributed by atoms with E-state index in [1.165, 1.54) is 0 Å². The molecule has 0 spiro atoms. The quantitative estimate of drug-likeness (QED) is 0.0825. The topological polar surface area (TPSA) is 115 Å². The number of carboxylic acids is 2. The predicted molar refractivity (Wildman–Crippen MR) is 167 cm³/mol. The van der Waals surface area contributed by atoms with E-state index in [1.54, 1.807) is 13.0 Å². The van der Waals surface area contributed by atoms with Crippen LogP contribution in [0, 0.1) is 6.92 Å². The molecule has 0 aliphatic heterocycles. The smallest absolute Gasteiger partial charge is 0.307 e. The summed E-state index contributed by atoms with van der Waals surface area (Å²) in [7, 11) is 0. The number of hydrogen-bond donors (Lipinski definition) is 2. The van der Waals surface area contributed by atoms with Gasteiger partial charge in [-0.05, 0) is 79.6 Å². The monoisotopic (exact) mass is 583 g/mol. The Bertz CT molecular complexity index is 1620. The van der Waals surface area contributed by atoms with E-state index in [4.69, 9.17) is 14.6 Å². The van der Waals surface area contributed by atoms with Gasteiger partial charge in [-0.1, -0.05) is 48.6 Å². The molecule has 0 amide bonds. The van der Waals surface area contributed by atoms with Crippen molar-refractivity contribution in [2.45, 2.75) is 52.5 Å². The molecular formula is C35H37NO7. The minimum Gasteiger partial charge on any atom is -0.494 e. The Morgan fingerprint density at radius 3 is 2.26 bits per heavy atom. The van der Waals surface area contributed by atoms with E-state index in [-0.39, 0.29) is 18.6 Å². The summed E-state index contributed by atoms with van der Waals surface area (Å²) in [5, 5.41) is 19.3. The molecule has 0 unspecified atom stereocenters. The molecule has 0 saturated carbocycles. The lowest BCUT2D eigenvalue weighted by molar-refractivity contribution is -0.137. The summed E-state index contributed by atoms with van der Waals surface area (Å²) in [6.45, 7) is 5.03. The molecule has 8 nitrogen and oxygen atoms in total. The second-order valence-electron chi connectivity index (χ2n) is 10.5. The Labute approximate surface area is 251 Å². The fraction of sp³-hybridized carbons (Fsp3) is 0.286. The van der Waals surface area contributed by atoms with Crippen molar-refractivity contribution in [3.8, 4) is 11.5 Å². The molecule has 1 heterocycles. The van der Waals surface area contributed by atoms with E-state index in [1.807, 2.05) is 84.4 Å². The van der Waals surface area contributed by atoms with Crippen LogP contribution in [0.2, 0.25) is 0 Å². The molecule has 43 heavy (non-hydrogen) atoms. The molecule has 4 rings (SSSR count). The number of aliphatic carboxylic acids is 2. The number of Topliss-reactive ketones (excluding diaryl/α,β-unsaturated/α-hetero) is 1. The Hall–Kier alpha value is -4.85. The number of aryl methyl sites for hydroxylation is 2. The number of carboxylic acid groups (broad SMARTS) is 2. The number of carbonyl (C=O) groups is 3. The van der Waals surface area contributed by atoms with Crippen LogP contribution >= 0.6 is 0 Å². The number of fused-ring (bicyclic) bond motifs is 1. The highest BCUT2D eigenvalue weighted by atomic mass is 16.5. The number of ether oxygens (including phenoxy) is 2. The number of aromatic nitrogens is 1. The second kappa shape index (κ2) is 14.9. The van der Waals surface area contributed by atoms with E-state index in [9.17, 15) is 19.5 Å². The molecule has 0 saturated heterocycles. The third kappa shape index (κ3) is 8.58. The predicted octanol–water partition coefficient (Wildman–Crippen LogP) is 7.05. The molecule has 0 aliphatic carbocycles. The number of ketones is 1. The Kier molecular flexibility index (Phi) is 10.7. The van der Waals surface area contributed by atoms with Gasteiger partial charge in [0, 0.05) is 30.1 Å². The first-order chi connectivity index (χ1) is 20.7. The first kappa shape index (κ1) is 31.1. The van der Waals surface area contributed by atoms with Gasteiger partial charge in [-0.2, -0.15) is 0 Å². The molecule has 8 heteroatoms. The van der Waals surface area contributed by atoms with Gasteiger partial charge in [-0.25, -0.2) is 0 Å². The molecule has 0 bridgehead atoms. The second-order valence-corrected chi connectivity index (χ2v) is 10.5. The van der Waals surface area contributed by atoms with Gasteiger partial charge in [0.05, 0.1) is 25.2 Å². The highest BCUT2D eigenvalue weighted by Gasteiger charge is 2.14. The zero-order valence-electron chi connectivity index (χ0n) is 24.5. The van der Waals surface area contributed by atoms with E-state index < -0.39 is 11.9 Å². The van der Waals surface area contributed by atoms with Gasteiger partial charge < -0.3 is 24.3 Å². The van der Waals surface area contributed by atoms with Gasteiger partial charge in [0.2, 0.25) is 0 Å². The van der Waals surface area contributed by atoms with Gasteiger partial charge in [0.15, 0.2) is 5.78 Å². The van der Waals surface area contributed by atoms with Crippen LogP contribution in [0.25, 0.3) is 23.1 Å². The molecule has 4 aromatic rings. The summed E-state index contributed by atoms with van der Waals surface area (Å²) in [6.07, 6.45) is 7.77. The van der Waals surface area contributed by atoms with Crippen molar-refractivity contribution in [3.63, 3.8) is 0 Å². The number of benzene rings is 3. The lowest BCUT2D eigenvalue weighted by Gasteiger charge is -2.12. The van der Waals surface area contributed by atoms with Gasteiger partial charge in [0.25, 0.3) is 0 Å². The molecule has 1 aromatic heterocycles. The summed E-state index contributed by atoms with van der Waals surface area (Å²) in [5.41, 5.74) is 5.00. The van der Waals surface area contributed by atoms with E-state index in [2.05, 4.69) is 0 Å². The zero-order valence-corrected chi connectivity index (χ0v) is 24.5. The van der Waals surface area contributed by atoms with Crippen molar-refractivity contribution < 1.29 is 34.1 Å².